The van der Waals surface area contributed by atoms with Gasteiger partial charge in [-0.3, -0.25) is 0 Å². The lowest BCUT2D eigenvalue weighted by atomic mass is 10.1. The molecular weight excluding hydrogens is 358 g/mol. The van der Waals surface area contributed by atoms with Gasteiger partial charge in [-0.2, -0.15) is 0 Å². The number of anilines is 2. The van der Waals surface area contributed by atoms with E-state index >= 15 is 0 Å². The smallest absolute Gasteiger partial charge is 0.319 e. The normalized spacial score (nSPS) is 10.8. The maximum atomic E-state index is 12.1. The summed E-state index contributed by atoms with van der Waals surface area (Å²) in [6.45, 7) is 0.559. The quantitative estimate of drug-likeness (QED) is 0.419. The van der Waals surface area contributed by atoms with Crippen LogP contribution < -0.4 is 16.4 Å². The van der Waals surface area contributed by atoms with Crippen LogP contribution in [0.4, 0.5) is 15.6 Å². The van der Waals surface area contributed by atoms with Gasteiger partial charge in [-0.1, -0.05) is 30.3 Å². The molecule has 2 amide bonds. The summed E-state index contributed by atoms with van der Waals surface area (Å²) < 4.78 is 0. The molecule has 136 valence electrons. The van der Waals surface area contributed by atoms with Crippen LogP contribution in [0.15, 0.2) is 60.1 Å². The van der Waals surface area contributed by atoms with E-state index in [-0.39, 0.29) is 6.03 Å². The zero-order chi connectivity index (χ0) is 18.6. The van der Waals surface area contributed by atoms with Gasteiger partial charge < -0.3 is 21.4 Å². The van der Waals surface area contributed by atoms with Crippen molar-refractivity contribution in [2.45, 2.75) is 6.42 Å². The molecule has 2 aromatic carbocycles. The fraction of sp³-hybridized carbons (Fsp3) is 0.100. The fourth-order valence-corrected chi connectivity index (χ4v) is 3.54. The SMILES string of the molecule is Nc1nc(-c2ccc(NC(=O)NCCc3c[nH]c4ccccc34)cc2)cs1. The minimum atomic E-state index is -0.222. The Kier molecular flexibility index (Phi) is 4.76. The van der Waals surface area contributed by atoms with Crippen LogP contribution in [0.25, 0.3) is 22.2 Å². The lowest BCUT2D eigenvalue weighted by Crippen LogP contribution is -2.30. The fourth-order valence-electron chi connectivity index (χ4n) is 2.97. The second kappa shape index (κ2) is 7.51. The molecule has 0 saturated carbocycles. The molecule has 0 fully saturated rings. The molecular formula is C20H19N5OS. The number of nitrogens with two attached hydrogens (primary N) is 1. The second-order valence-electron chi connectivity index (χ2n) is 6.14. The average molecular weight is 377 g/mol. The molecule has 0 aliphatic heterocycles. The van der Waals surface area contributed by atoms with Crippen LogP contribution in [0, 0.1) is 0 Å². The zero-order valence-electron chi connectivity index (χ0n) is 14.5. The predicted molar refractivity (Wildman–Crippen MR) is 111 cm³/mol. The van der Waals surface area contributed by atoms with Crippen LogP contribution in [0.3, 0.4) is 0 Å². The first-order valence-electron chi connectivity index (χ1n) is 8.60. The van der Waals surface area contributed by atoms with E-state index in [1.165, 1.54) is 22.3 Å². The van der Waals surface area contributed by atoms with Crippen molar-refractivity contribution in [3.05, 3.63) is 65.7 Å². The van der Waals surface area contributed by atoms with Crippen LogP contribution >= 0.6 is 11.3 Å². The molecule has 5 N–H and O–H groups in total. The zero-order valence-corrected chi connectivity index (χ0v) is 15.3. The molecule has 0 aliphatic rings. The summed E-state index contributed by atoms with van der Waals surface area (Å²) in [5.74, 6) is 0. The Bertz CT molecular complexity index is 1070. The van der Waals surface area contributed by atoms with E-state index in [0.717, 1.165) is 28.9 Å². The van der Waals surface area contributed by atoms with E-state index < -0.39 is 0 Å². The molecule has 6 nitrogen and oxygen atoms in total. The van der Waals surface area contributed by atoms with Crippen molar-refractivity contribution in [1.29, 1.82) is 0 Å². The lowest BCUT2D eigenvalue weighted by Gasteiger charge is -2.08. The van der Waals surface area contributed by atoms with Gasteiger partial charge in [0, 0.05) is 40.3 Å². The van der Waals surface area contributed by atoms with E-state index in [2.05, 4.69) is 26.7 Å². The van der Waals surface area contributed by atoms with Crippen molar-refractivity contribution < 1.29 is 4.79 Å². The molecule has 4 aromatic rings. The number of rotatable bonds is 5. The Morgan fingerprint density at radius 3 is 2.74 bits per heavy atom. The number of hydrogen-bond donors (Lipinski definition) is 4. The third-order valence-corrected chi connectivity index (χ3v) is 4.99. The standard InChI is InChI=1S/C20H19N5OS/c21-19-25-18(12-27-19)13-5-7-15(8-6-13)24-20(26)22-10-9-14-11-23-17-4-2-1-3-16(14)17/h1-8,11-12,23H,9-10H2,(H2,21,25)(H2,22,24,26). The average Bonchev–Trinajstić information content (AvgIpc) is 3.29. The number of benzene rings is 2. The summed E-state index contributed by atoms with van der Waals surface area (Å²) in [4.78, 5) is 19.6. The highest BCUT2D eigenvalue weighted by Gasteiger charge is 2.06. The number of hydrogen-bond acceptors (Lipinski definition) is 4. The Balaban J connectivity index is 1.30. The first kappa shape index (κ1) is 17.1. The molecule has 2 aromatic heterocycles. The number of urea groups is 1. The minimum absolute atomic E-state index is 0.222. The third-order valence-electron chi connectivity index (χ3n) is 4.32. The highest BCUT2D eigenvalue weighted by atomic mass is 32.1. The number of nitrogen functional groups attached to an aromatic ring is 1. The van der Waals surface area contributed by atoms with Crippen molar-refractivity contribution >= 4 is 39.1 Å². The largest absolute Gasteiger partial charge is 0.375 e. The topological polar surface area (TPSA) is 95.8 Å². The summed E-state index contributed by atoms with van der Waals surface area (Å²) in [5, 5.41) is 9.38. The monoisotopic (exact) mass is 377 g/mol. The van der Waals surface area contributed by atoms with E-state index in [0.29, 0.717) is 11.7 Å². The van der Waals surface area contributed by atoms with Gasteiger partial charge in [-0.15, -0.1) is 11.3 Å². The van der Waals surface area contributed by atoms with E-state index in [4.69, 9.17) is 5.73 Å². The summed E-state index contributed by atoms with van der Waals surface area (Å²) in [7, 11) is 0. The van der Waals surface area contributed by atoms with Crippen molar-refractivity contribution in [3.63, 3.8) is 0 Å². The lowest BCUT2D eigenvalue weighted by molar-refractivity contribution is 0.252. The highest BCUT2D eigenvalue weighted by Crippen LogP contribution is 2.24. The van der Waals surface area contributed by atoms with E-state index in [1.807, 2.05) is 54.0 Å². The number of carbonyl (C=O) groups excluding carboxylic acids is 1. The van der Waals surface area contributed by atoms with Gasteiger partial charge in [0.2, 0.25) is 0 Å². The minimum Gasteiger partial charge on any atom is -0.375 e. The summed E-state index contributed by atoms with van der Waals surface area (Å²) >= 11 is 1.41. The third kappa shape index (κ3) is 3.93. The maximum Gasteiger partial charge on any atom is 0.319 e. The van der Waals surface area contributed by atoms with Crippen molar-refractivity contribution in [3.8, 4) is 11.3 Å². The van der Waals surface area contributed by atoms with Gasteiger partial charge in [0.1, 0.15) is 0 Å². The maximum absolute atomic E-state index is 12.1. The van der Waals surface area contributed by atoms with E-state index in [1.54, 1.807) is 0 Å². The van der Waals surface area contributed by atoms with Gasteiger partial charge in [-0.25, -0.2) is 9.78 Å². The molecule has 0 atom stereocenters. The number of thiazole rings is 1. The molecule has 0 saturated heterocycles. The number of para-hydroxylation sites is 1. The molecule has 7 heteroatoms. The molecule has 0 radical (unpaired) electrons. The number of carbonyl (C=O) groups is 1. The Morgan fingerprint density at radius 1 is 1.15 bits per heavy atom. The predicted octanol–water partition coefficient (Wildman–Crippen LogP) is 4.24. The van der Waals surface area contributed by atoms with E-state index in [9.17, 15) is 4.79 Å². The summed E-state index contributed by atoms with van der Waals surface area (Å²) in [6.07, 6.45) is 2.76. The Labute approximate surface area is 160 Å². The number of fused-ring (bicyclic) bond motifs is 1. The van der Waals surface area contributed by atoms with Crippen LogP contribution in [0.1, 0.15) is 5.56 Å². The first-order chi connectivity index (χ1) is 13.2. The molecule has 0 aliphatic carbocycles. The molecule has 0 unspecified atom stereocenters. The molecule has 0 bridgehead atoms. The molecule has 2 heterocycles. The Hall–Kier alpha value is -3.32. The Morgan fingerprint density at radius 2 is 1.96 bits per heavy atom. The highest BCUT2D eigenvalue weighted by molar-refractivity contribution is 7.13. The number of amides is 2. The second-order valence-corrected chi connectivity index (χ2v) is 7.03. The first-order valence-corrected chi connectivity index (χ1v) is 9.48. The summed E-state index contributed by atoms with van der Waals surface area (Å²) in [5.41, 5.74) is 10.5. The van der Waals surface area contributed by atoms with Crippen molar-refractivity contribution in [1.82, 2.24) is 15.3 Å². The summed E-state index contributed by atoms with van der Waals surface area (Å²) in [6, 6.07) is 15.5. The van der Waals surface area contributed by atoms with Gasteiger partial charge >= 0.3 is 6.03 Å². The van der Waals surface area contributed by atoms with Crippen LogP contribution in [0.2, 0.25) is 0 Å². The van der Waals surface area contributed by atoms with Crippen LogP contribution in [0.5, 0.6) is 0 Å². The number of nitrogens with one attached hydrogen (secondary N) is 3. The van der Waals surface area contributed by atoms with Gasteiger partial charge in [0.05, 0.1) is 5.69 Å². The van der Waals surface area contributed by atoms with Gasteiger partial charge in [-0.05, 0) is 30.2 Å². The number of nitrogens with zero attached hydrogens (tertiary/aromatic N) is 1. The number of aromatic amines is 1. The number of H-pyrrole nitrogens is 1. The van der Waals surface area contributed by atoms with Gasteiger partial charge in [0.15, 0.2) is 5.13 Å². The molecule has 4 rings (SSSR count). The number of aromatic nitrogens is 2. The molecule has 0 spiro atoms. The van der Waals surface area contributed by atoms with Crippen molar-refractivity contribution in [2.75, 3.05) is 17.6 Å². The van der Waals surface area contributed by atoms with Gasteiger partial charge in [0.25, 0.3) is 0 Å². The van der Waals surface area contributed by atoms with Crippen molar-refractivity contribution in [2.24, 2.45) is 0 Å². The molecule has 27 heavy (non-hydrogen) atoms. The van der Waals surface area contributed by atoms with Crippen LogP contribution in [-0.2, 0) is 6.42 Å². The van der Waals surface area contributed by atoms with Crippen LogP contribution in [-0.4, -0.2) is 22.5 Å².